The number of ether oxygens (including phenoxy) is 1. The first-order chi connectivity index (χ1) is 12.8. The molecule has 144 valence electrons. The van der Waals surface area contributed by atoms with Crippen LogP contribution < -0.4 is 4.72 Å². The standard InChI is InChI=1S/C17H22N6O3S/c1-11-14-7-13(8-19-17(14)23(3)20-11)27(24,25)21-12-4-5-26-16(6-12)15-9-18-10-22(15)2/h7-10,12,16,21H,4-6H2,1-3H3/t12-,16-/m1/s1. The van der Waals surface area contributed by atoms with Crippen molar-refractivity contribution in [3.8, 4) is 0 Å². The zero-order valence-electron chi connectivity index (χ0n) is 15.5. The van der Waals surface area contributed by atoms with E-state index in [1.807, 2.05) is 18.5 Å². The molecule has 10 heteroatoms. The Morgan fingerprint density at radius 1 is 1.30 bits per heavy atom. The number of sulfonamides is 1. The molecule has 0 unspecified atom stereocenters. The Kier molecular flexibility index (Phi) is 4.49. The molecule has 1 fully saturated rings. The number of hydrogen-bond acceptors (Lipinski definition) is 6. The topological polar surface area (TPSA) is 104 Å². The van der Waals surface area contributed by atoms with Crippen LogP contribution in [0.1, 0.15) is 30.3 Å². The number of aryl methyl sites for hydroxylation is 3. The Bertz CT molecular complexity index is 1090. The average molecular weight is 390 g/mol. The van der Waals surface area contributed by atoms with Gasteiger partial charge in [0.25, 0.3) is 0 Å². The molecule has 0 saturated carbocycles. The number of fused-ring (bicyclic) bond motifs is 1. The molecular weight excluding hydrogens is 368 g/mol. The van der Waals surface area contributed by atoms with Crippen LogP contribution in [0.4, 0.5) is 0 Å². The van der Waals surface area contributed by atoms with Gasteiger partial charge in [-0.25, -0.2) is 23.1 Å². The molecule has 0 spiro atoms. The van der Waals surface area contributed by atoms with Gasteiger partial charge >= 0.3 is 0 Å². The molecule has 9 nitrogen and oxygen atoms in total. The minimum Gasteiger partial charge on any atom is -0.372 e. The van der Waals surface area contributed by atoms with Crippen molar-refractivity contribution in [1.29, 1.82) is 0 Å². The van der Waals surface area contributed by atoms with E-state index in [1.54, 1.807) is 30.3 Å². The maximum Gasteiger partial charge on any atom is 0.242 e. The summed E-state index contributed by atoms with van der Waals surface area (Å²) in [6, 6.07) is 1.42. The Hall–Kier alpha value is -2.30. The lowest BCUT2D eigenvalue weighted by atomic mass is 10.0. The Morgan fingerprint density at radius 2 is 2.11 bits per heavy atom. The zero-order valence-corrected chi connectivity index (χ0v) is 16.3. The van der Waals surface area contributed by atoms with Crippen molar-refractivity contribution in [3.63, 3.8) is 0 Å². The fraction of sp³-hybridized carbons (Fsp3) is 0.471. The van der Waals surface area contributed by atoms with Crippen molar-refractivity contribution in [2.24, 2.45) is 14.1 Å². The number of nitrogens with one attached hydrogen (secondary N) is 1. The number of rotatable bonds is 4. The second-order valence-electron chi connectivity index (χ2n) is 6.88. The van der Waals surface area contributed by atoms with Gasteiger partial charge in [0.15, 0.2) is 5.65 Å². The summed E-state index contributed by atoms with van der Waals surface area (Å²) in [7, 11) is -0.00229. The number of hydrogen-bond donors (Lipinski definition) is 1. The largest absolute Gasteiger partial charge is 0.372 e. The summed E-state index contributed by atoms with van der Waals surface area (Å²) in [5, 5.41) is 5.03. The first-order valence-corrected chi connectivity index (χ1v) is 10.2. The highest BCUT2D eigenvalue weighted by atomic mass is 32.2. The lowest BCUT2D eigenvalue weighted by molar-refractivity contribution is -0.0000447. The van der Waals surface area contributed by atoms with E-state index in [1.165, 1.54) is 6.20 Å². The van der Waals surface area contributed by atoms with Crippen molar-refractivity contribution in [2.75, 3.05) is 6.61 Å². The van der Waals surface area contributed by atoms with Crippen LogP contribution in [0.15, 0.2) is 29.7 Å². The van der Waals surface area contributed by atoms with Crippen LogP contribution in [-0.4, -0.2) is 45.4 Å². The maximum absolute atomic E-state index is 12.9. The molecular formula is C17H22N6O3S. The van der Waals surface area contributed by atoms with Crippen LogP contribution in [-0.2, 0) is 28.9 Å². The van der Waals surface area contributed by atoms with E-state index in [-0.39, 0.29) is 17.0 Å². The number of aromatic nitrogens is 5. The van der Waals surface area contributed by atoms with Crippen LogP contribution in [0.2, 0.25) is 0 Å². The molecule has 3 aromatic heterocycles. The van der Waals surface area contributed by atoms with Gasteiger partial charge in [-0.15, -0.1) is 0 Å². The molecule has 0 bridgehead atoms. The fourth-order valence-corrected chi connectivity index (χ4v) is 4.76. The molecule has 4 rings (SSSR count). The predicted octanol–water partition coefficient (Wildman–Crippen LogP) is 1.21. The molecule has 2 atom stereocenters. The van der Waals surface area contributed by atoms with Crippen molar-refractivity contribution in [3.05, 3.63) is 36.2 Å². The van der Waals surface area contributed by atoms with E-state index < -0.39 is 10.0 Å². The monoisotopic (exact) mass is 390 g/mol. The summed E-state index contributed by atoms with van der Waals surface area (Å²) in [4.78, 5) is 8.53. The minimum absolute atomic E-state index is 0.148. The first kappa shape index (κ1) is 18.1. The van der Waals surface area contributed by atoms with Crippen molar-refractivity contribution < 1.29 is 13.2 Å². The summed E-state index contributed by atoms with van der Waals surface area (Å²) in [6.07, 6.45) is 5.84. The molecule has 27 heavy (non-hydrogen) atoms. The quantitative estimate of drug-likeness (QED) is 0.718. The van der Waals surface area contributed by atoms with Crippen molar-refractivity contribution in [2.45, 2.75) is 36.8 Å². The summed E-state index contributed by atoms with van der Waals surface area (Å²) >= 11 is 0. The molecule has 0 aromatic carbocycles. The van der Waals surface area contributed by atoms with E-state index in [0.717, 1.165) is 16.8 Å². The number of pyridine rings is 1. The highest BCUT2D eigenvalue weighted by Crippen LogP contribution is 2.28. The minimum atomic E-state index is -3.69. The van der Waals surface area contributed by atoms with Gasteiger partial charge in [0, 0.05) is 38.3 Å². The average Bonchev–Trinajstić information content (AvgIpc) is 3.18. The SMILES string of the molecule is Cc1nn(C)c2ncc(S(=O)(=O)N[C@@H]3CCO[C@@H](c4cncn4C)C3)cc12. The van der Waals surface area contributed by atoms with Gasteiger partial charge in [0.05, 0.1) is 23.9 Å². The molecule has 0 aliphatic carbocycles. The normalized spacial score (nSPS) is 21.0. The number of imidazole rings is 1. The smallest absolute Gasteiger partial charge is 0.242 e. The highest BCUT2D eigenvalue weighted by molar-refractivity contribution is 7.89. The lowest BCUT2D eigenvalue weighted by Gasteiger charge is -2.30. The van der Waals surface area contributed by atoms with E-state index >= 15 is 0 Å². The molecule has 1 N–H and O–H groups in total. The predicted molar refractivity (Wildman–Crippen MR) is 98.5 cm³/mol. The Balaban J connectivity index is 1.56. The summed E-state index contributed by atoms with van der Waals surface area (Å²) < 4.78 is 37.9. The molecule has 1 aliphatic heterocycles. The van der Waals surface area contributed by atoms with E-state index in [0.29, 0.717) is 25.1 Å². The second-order valence-corrected chi connectivity index (χ2v) is 8.60. The maximum atomic E-state index is 12.9. The van der Waals surface area contributed by atoms with E-state index in [9.17, 15) is 8.42 Å². The van der Waals surface area contributed by atoms with Crippen molar-refractivity contribution >= 4 is 21.1 Å². The van der Waals surface area contributed by atoms with Crippen LogP contribution in [0.25, 0.3) is 11.0 Å². The third kappa shape index (κ3) is 3.35. The van der Waals surface area contributed by atoms with Gasteiger partial charge in [0.2, 0.25) is 10.0 Å². The third-order valence-electron chi connectivity index (χ3n) is 4.94. The van der Waals surface area contributed by atoms with Gasteiger partial charge in [-0.3, -0.25) is 4.68 Å². The van der Waals surface area contributed by atoms with Gasteiger partial charge in [-0.05, 0) is 25.8 Å². The van der Waals surface area contributed by atoms with Gasteiger partial charge in [0.1, 0.15) is 11.0 Å². The molecule has 1 saturated heterocycles. The Labute approximate surface area is 157 Å². The van der Waals surface area contributed by atoms with Crippen LogP contribution in [0, 0.1) is 6.92 Å². The van der Waals surface area contributed by atoms with Crippen LogP contribution >= 0.6 is 0 Å². The Morgan fingerprint density at radius 3 is 2.85 bits per heavy atom. The van der Waals surface area contributed by atoms with Gasteiger partial charge < -0.3 is 9.30 Å². The molecule has 0 amide bonds. The molecule has 1 aliphatic rings. The molecule has 4 heterocycles. The van der Waals surface area contributed by atoms with Crippen LogP contribution in [0.3, 0.4) is 0 Å². The van der Waals surface area contributed by atoms with E-state index in [4.69, 9.17) is 4.74 Å². The van der Waals surface area contributed by atoms with E-state index in [2.05, 4.69) is 19.8 Å². The molecule has 0 radical (unpaired) electrons. The second kappa shape index (κ2) is 6.70. The lowest BCUT2D eigenvalue weighted by Crippen LogP contribution is -2.40. The highest BCUT2D eigenvalue weighted by Gasteiger charge is 2.29. The summed E-state index contributed by atoms with van der Waals surface area (Å²) in [5.74, 6) is 0. The third-order valence-corrected chi connectivity index (χ3v) is 6.43. The fourth-order valence-electron chi connectivity index (χ4n) is 3.51. The van der Waals surface area contributed by atoms with Gasteiger partial charge in [-0.2, -0.15) is 5.10 Å². The zero-order chi connectivity index (χ0) is 19.2. The summed E-state index contributed by atoms with van der Waals surface area (Å²) in [5.41, 5.74) is 2.35. The first-order valence-electron chi connectivity index (χ1n) is 8.74. The number of nitrogens with zero attached hydrogens (tertiary/aromatic N) is 5. The molecule has 3 aromatic rings. The summed E-state index contributed by atoms with van der Waals surface area (Å²) in [6.45, 7) is 2.33. The van der Waals surface area contributed by atoms with Crippen molar-refractivity contribution in [1.82, 2.24) is 29.0 Å². The van der Waals surface area contributed by atoms with Gasteiger partial charge in [-0.1, -0.05) is 0 Å². The van der Waals surface area contributed by atoms with Crippen LogP contribution in [0.5, 0.6) is 0 Å².